The number of hydrogen-bond acceptors (Lipinski definition) is 4. The molecule has 0 saturated carbocycles. The Morgan fingerprint density at radius 2 is 1.83 bits per heavy atom. The summed E-state index contributed by atoms with van der Waals surface area (Å²) in [7, 11) is 0. The van der Waals surface area contributed by atoms with Crippen molar-refractivity contribution in [3.05, 3.63) is 64.2 Å². The molecule has 1 N–H and O–H groups in total. The van der Waals surface area contributed by atoms with E-state index in [-0.39, 0.29) is 16.2 Å². The van der Waals surface area contributed by atoms with Crippen LogP contribution in [-0.4, -0.2) is 28.5 Å². The molecule has 2 amide bonds. The first-order valence-corrected chi connectivity index (χ1v) is 12.8. The maximum absolute atomic E-state index is 13.5. The highest BCUT2D eigenvalue weighted by molar-refractivity contribution is 7.80. The normalized spacial score (nSPS) is 21.0. The van der Waals surface area contributed by atoms with Crippen LogP contribution in [0.25, 0.3) is 6.08 Å². The quantitative estimate of drug-likeness (QED) is 0.331. The third-order valence-corrected chi connectivity index (χ3v) is 7.47. The van der Waals surface area contributed by atoms with Gasteiger partial charge in [0, 0.05) is 17.3 Å². The fourth-order valence-electron chi connectivity index (χ4n) is 5.67. The van der Waals surface area contributed by atoms with Crippen LogP contribution in [-0.2, 0) is 16.0 Å². The first-order valence-electron chi connectivity index (χ1n) is 12.4. The molecule has 0 spiro atoms. The Morgan fingerprint density at radius 1 is 1.17 bits per heavy atom. The lowest BCUT2D eigenvalue weighted by molar-refractivity contribution is -0.122. The number of fused-ring (bicyclic) bond motifs is 1. The van der Waals surface area contributed by atoms with Gasteiger partial charge in [0.2, 0.25) is 0 Å². The van der Waals surface area contributed by atoms with E-state index >= 15 is 0 Å². The largest absolute Gasteiger partial charge is 0.364 e. The first kappa shape index (κ1) is 25.1. The molecular weight excluding hydrogens is 454 g/mol. The lowest BCUT2D eigenvalue weighted by Crippen LogP contribution is -2.54. The van der Waals surface area contributed by atoms with Crippen LogP contribution in [0.4, 0.5) is 11.4 Å². The van der Waals surface area contributed by atoms with Crippen molar-refractivity contribution in [1.29, 1.82) is 0 Å². The molecule has 5 nitrogen and oxygen atoms in total. The number of nitrogens with zero attached hydrogens (tertiary/aromatic N) is 2. The van der Waals surface area contributed by atoms with Gasteiger partial charge in [0.1, 0.15) is 5.57 Å². The monoisotopic (exact) mass is 489 g/mol. The van der Waals surface area contributed by atoms with E-state index in [2.05, 4.69) is 63.9 Å². The highest BCUT2D eigenvalue weighted by atomic mass is 32.1. The van der Waals surface area contributed by atoms with Gasteiger partial charge in [-0.05, 0) is 118 Å². The van der Waals surface area contributed by atoms with Crippen molar-refractivity contribution in [3.8, 4) is 0 Å². The minimum atomic E-state index is -0.462. The van der Waals surface area contributed by atoms with E-state index in [0.717, 1.165) is 24.0 Å². The van der Waals surface area contributed by atoms with Gasteiger partial charge in [-0.3, -0.25) is 19.8 Å². The molecule has 0 radical (unpaired) electrons. The summed E-state index contributed by atoms with van der Waals surface area (Å²) in [4.78, 5) is 30.3. The summed E-state index contributed by atoms with van der Waals surface area (Å²) in [5.74, 6) is -0.501. The van der Waals surface area contributed by atoms with Crippen molar-refractivity contribution in [2.75, 3.05) is 9.80 Å². The lowest BCUT2D eigenvalue weighted by atomic mass is 9.78. The maximum Gasteiger partial charge on any atom is 0.270 e. The fraction of sp³-hybridized carbons (Fsp3) is 0.414. The van der Waals surface area contributed by atoms with E-state index in [9.17, 15) is 9.59 Å². The predicted molar refractivity (Wildman–Crippen MR) is 148 cm³/mol. The van der Waals surface area contributed by atoms with Gasteiger partial charge in [-0.1, -0.05) is 26.0 Å². The number of nitrogens with one attached hydrogen (secondary N) is 1. The number of rotatable bonds is 4. The molecule has 0 unspecified atom stereocenters. The number of carbonyl (C=O) groups is 2. The van der Waals surface area contributed by atoms with Crippen LogP contribution in [0.1, 0.15) is 76.1 Å². The molecule has 2 aliphatic heterocycles. The summed E-state index contributed by atoms with van der Waals surface area (Å²) in [6.45, 7) is 15.4. The Labute approximate surface area is 214 Å². The zero-order valence-corrected chi connectivity index (χ0v) is 22.5. The van der Waals surface area contributed by atoms with Crippen LogP contribution in [0.3, 0.4) is 0 Å². The van der Waals surface area contributed by atoms with E-state index in [0.29, 0.717) is 17.6 Å². The van der Waals surface area contributed by atoms with Gasteiger partial charge in [0.15, 0.2) is 5.11 Å². The Kier molecular flexibility index (Phi) is 6.62. The van der Waals surface area contributed by atoms with E-state index in [1.807, 2.05) is 31.2 Å². The van der Waals surface area contributed by atoms with Gasteiger partial charge in [-0.2, -0.15) is 0 Å². The van der Waals surface area contributed by atoms with Crippen LogP contribution < -0.4 is 15.1 Å². The molecule has 2 aromatic rings. The molecule has 2 aliphatic rings. The highest BCUT2D eigenvalue weighted by Crippen LogP contribution is 2.45. The smallest absolute Gasteiger partial charge is 0.270 e. The number of aryl methyl sites for hydroxylation is 2. The number of carbonyl (C=O) groups excluding carboxylic acids is 2. The van der Waals surface area contributed by atoms with Gasteiger partial charge in [0.05, 0.1) is 5.69 Å². The number of thiocarbonyl (C=S) groups is 1. The number of hydrogen-bond donors (Lipinski definition) is 1. The minimum absolute atomic E-state index is 0.0513. The van der Waals surface area contributed by atoms with Crippen LogP contribution in [0.5, 0.6) is 0 Å². The van der Waals surface area contributed by atoms with E-state index in [4.69, 9.17) is 12.2 Å². The van der Waals surface area contributed by atoms with Gasteiger partial charge < -0.3 is 4.90 Å². The predicted octanol–water partition coefficient (Wildman–Crippen LogP) is 5.89. The third-order valence-electron chi connectivity index (χ3n) is 7.18. The van der Waals surface area contributed by atoms with Crippen molar-refractivity contribution in [3.63, 3.8) is 0 Å². The molecule has 184 valence electrons. The summed E-state index contributed by atoms with van der Waals surface area (Å²) in [6, 6.07) is 12.4. The molecule has 1 fully saturated rings. The standard InChI is InChI=1S/C29H35N3O2S/c1-8-20-9-11-22(12-10-20)31-27(34)24(26(33)30-28(31)35)15-21-14-23-19(5)16-29(6,7)32(17(2)3)25(23)13-18(21)4/h9-15,17,19H,8,16H2,1-7H3,(H,30,33,35)/b24-15+/t19-/m1/s1. The Bertz CT molecular complexity index is 1230. The van der Waals surface area contributed by atoms with Gasteiger partial charge in [0.25, 0.3) is 11.8 Å². The topological polar surface area (TPSA) is 52.7 Å². The second-order valence-corrected chi connectivity index (χ2v) is 11.0. The molecule has 0 aromatic heterocycles. The van der Waals surface area contributed by atoms with Crippen LogP contribution in [0.15, 0.2) is 42.0 Å². The SMILES string of the molecule is CCc1ccc(N2C(=O)/C(=C/c3cc4c(cc3C)N(C(C)C)C(C)(C)C[C@H]4C)C(=O)NC2=S)cc1. The fourth-order valence-corrected chi connectivity index (χ4v) is 5.96. The van der Waals surface area contributed by atoms with Gasteiger partial charge >= 0.3 is 0 Å². The molecule has 1 saturated heterocycles. The Balaban J connectivity index is 1.77. The first-order chi connectivity index (χ1) is 16.4. The number of amides is 2. The van der Waals surface area contributed by atoms with Crippen LogP contribution in [0.2, 0.25) is 0 Å². The molecule has 2 aromatic carbocycles. The molecule has 35 heavy (non-hydrogen) atoms. The van der Waals surface area contributed by atoms with Crippen molar-refractivity contribution < 1.29 is 9.59 Å². The van der Waals surface area contributed by atoms with E-state index in [1.165, 1.54) is 21.7 Å². The summed E-state index contributed by atoms with van der Waals surface area (Å²) in [6.07, 6.45) is 3.66. The molecule has 0 bridgehead atoms. The number of benzene rings is 2. The number of anilines is 2. The molecule has 1 atom stereocenters. The maximum atomic E-state index is 13.5. The van der Waals surface area contributed by atoms with Gasteiger partial charge in [-0.25, -0.2) is 0 Å². The van der Waals surface area contributed by atoms with Crippen molar-refractivity contribution in [2.45, 2.75) is 78.8 Å². The molecule has 6 heteroatoms. The second kappa shape index (κ2) is 9.23. The average Bonchev–Trinajstić information content (AvgIpc) is 2.76. The highest BCUT2D eigenvalue weighted by Gasteiger charge is 2.38. The molecule has 4 rings (SSSR count). The summed E-state index contributed by atoms with van der Waals surface area (Å²) in [5.41, 5.74) is 6.35. The van der Waals surface area contributed by atoms with Crippen molar-refractivity contribution in [2.24, 2.45) is 0 Å². The van der Waals surface area contributed by atoms with E-state index < -0.39 is 11.8 Å². The van der Waals surface area contributed by atoms with Gasteiger partial charge in [-0.15, -0.1) is 0 Å². The summed E-state index contributed by atoms with van der Waals surface area (Å²) < 4.78 is 0. The second-order valence-electron chi connectivity index (χ2n) is 10.6. The van der Waals surface area contributed by atoms with E-state index in [1.54, 1.807) is 6.08 Å². The zero-order valence-electron chi connectivity index (χ0n) is 21.7. The van der Waals surface area contributed by atoms with Crippen LogP contribution >= 0.6 is 12.2 Å². The average molecular weight is 490 g/mol. The summed E-state index contributed by atoms with van der Waals surface area (Å²) in [5, 5.41) is 2.81. The third kappa shape index (κ3) is 4.52. The van der Waals surface area contributed by atoms with Crippen LogP contribution in [0, 0.1) is 6.92 Å². The Morgan fingerprint density at radius 3 is 2.43 bits per heavy atom. The molecular formula is C29H35N3O2S. The zero-order chi connectivity index (χ0) is 25.7. The molecule has 0 aliphatic carbocycles. The lowest BCUT2D eigenvalue weighted by Gasteiger charge is -2.50. The Hall–Kier alpha value is -2.99. The molecule has 2 heterocycles. The van der Waals surface area contributed by atoms with Crippen molar-refractivity contribution >= 4 is 46.6 Å². The van der Waals surface area contributed by atoms with Crippen molar-refractivity contribution in [1.82, 2.24) is 5.32 Å². The minimum Gasteiger partial charge on any atom is -0.364 e. The summed E-state index contributed by atoms with van der Waals surface area (Å²) >= 11 is 5.36.